The molecule has 1 rings (SSSR count). The molecule has 0 aliphatic heterocycles. The van der Waals surface area contributed by atoms with Crippen molar-refractivity contribution in [1.82, 2.24) is 5.32 Å². The van der Waals surface area contributed by atoms with Crippen LogP contribution in [0.5, 0.6) is 0 Å². The minimum absolute atomic E-state index is 0.812. The molecule has 0 heterocycles. The summed E-state index contributed by atoms with van der Waals surface area (Å²) in [7, 11) is 0. The standard InChI is InChI=1S/C18H37N/c1-5-8-9-16(7-3)14-17-13-15(4)10-11-18(17)19-12-6-2/h15-19H,5-14H2,1-4H3. The van der Waals surface area contributed by atoms with Crippen molar-refractivity contribution >= 4 is 0 Å². The number of hydrogen-bond donors (Lipinski definition) is 1. The van der Waals surface area contributed by atoms with Crippen LogP contribution in [0.25, 0.3) is 0 Å². The lowest BCUT2D eigenvalue weighted by molar-refractivity contribution is 0.175. The second-order valence-electron chi connectivity index (χ2n) is 6.89. The number of rotatable bonds is 9. The molecular weight excluding hydrogens is 230 g/mol. The number of nitrogens with one attached hydrogen (secondary N) is 1. The van der Waals surface area contributed by atoms with Crippen molar-refractivity contribution in [3.63, 3.8) is 0 Å². The lowest BCUT2D eigenvalue weighted by Crippen LogP contribution is -2.41. The summed E-state index contributed by atoms with van der Waals surface area (Å²) in [5.74, 6) is 2.87. The topological polar surface area (TPSA) is 12.0 Å². The Labute approximate surface area is 121 Å². The molecule has 0 bridgehead atoms. The fraction of sp³-hybridized carbons (Fsp3) is 1.00. The van der Waals surface area contributed by atoms with Gasteiger partial charge in [0.15, 0.2) is 0 Å². The van der Waals surface area contributed by atoms with E-state index in [2.05, 4.69) is 33.0 Å². The van der Waals surface area contributed by atoms with Crippen molar-refractivity contribution in [1.29, 1.82) is 0 Å². The van der Waals surface area contributed by atoms with E-state index in [-0.39, 0.29) is 0 Å². The van der Waals surface area contributed by atoms with E-state index >= 15 is 0 Å². The highest BCUT2D eigenvalue weighted by molar-refractivity contribution is 4.85. The van der Waals surface area contributed by atoms with Crippen LogP contribution in [0.4, 0.5) is 0 Å². The smallest absolute Gasteiger partial charge is 0.00956 e. The average Bonchev–Trinajstić information content (AvgIpc) is 2.42. The van der Waals surface area contributed by atoms with Crippen LogP contribution in [-0.2, 0) is 0 Å². The van der Waals surface area contributed by atoms with E-state index < -0.39 is 0 Å². The maximum absolute atomic E-state index is 3.83. The Kier molecular flexibility index (Phi) is 8.77. The Morgan fingerprint density at radius 2 is 1.89 bits per heavy atom. The summed E-state index contributed by atoms with van der Waals surface area (Å²) in [5, 5.41) is 3.83. The first-order chi connectivity index (χ1) is 9.21. The summed E-state index contributed by atoms with van der Waals surface area (Å²) in [6.45, 7) is 10.7. The molecule has 1 fully saturated rings. The Morgan fingerprint density at radius 1 is 1.11 bits per heavy atom. The summed E-state index contributed by atoms with van der Waals surface area (Å²) in [5.41, 5.74) is 0. The van der Waals surface area contributed by atoms with Crippen LogP contribution >= 0.6 is 0 Å². The van der Waals surface area contributed by atoms with Crippen LogP contribution in [0.2, 0.25) is 0 Å². The van der Waals surface area contributed by atoms with Crippen molar-refractivity contribution in [2.45, 2.75) is 91.5 Å². The van der Waals surface area contributed by atoms with E-state index in [0.29, 0.717) is 0 Å². The minimum Gasteiger partial charge on any atom is -0.314 e. The fourth-order valence-corrected chi connectivity index (χ4v) is 3.77. The summed E-state index contributed by atoms with van der Waals surface area (Å²) in [4.78, 5) is 0. The Bertz CT molecular complexity index is 212. The Hall–Kier alpha value is -0.0400. The lowest BCUT2D eigenvalue weighted by Gasteiger charge is -2.37. The minimum atomic E-state index is 0.812. The van der Waals surface area contributed by atoms with Crippen molar-refractivity contribution in [2.75, 3.05) is 6.54 Å². The average molecular weight is 268 g/mol. The fourth-order valence-electron chi connectivity index (χ4n) is 3.77. The van der Waals surface area contributed by atoms with Gasteiger partial charge in [0.25, 0.3) is 0 Å². The van der Waals surface area contributed by atoms with Gasteiger partial charge in [0.1, 0.15) is 0 Å². The second-order valence-corrected chi connectivity index (χ2v) is 6.89. The molecular formula is C18H37N. The molecule has 0 aromatic carbocycles. The summed E-state index contributed by atoms with van der Waals surface area (Å²) in [6.07, 6.45) is 12.7. The number of hydrogen-bond acceptors (Lipinski definition) is 1. The molecule has 114 valence electrons. The molecule has 4 atom stereocenters. The van der Waals surface area contributed by atoms with Gasteiger partial charge in [-0.2, -0.15) is 0 Å². The first-order valence-corrected chi connectivity index (χ1v) is 8.94. The molecule has 0 saturated heterocycles. The molecule has 0 amide bonds. The molecule has 1 aliphatic rings. The van der Waals surface area contributed by atoms with E-state index in [1.165, 1.54) is 64.3 Å². The van der Waals surface area contributed by atoms with Crippen LogP contribution in [0.1, 0.15) is 85.5 Å². The molecule has 4 unspecified atom stereocenters. The van der Waals surface area contributed by atoms with Gasteiger partial charge in [-0.15, -0.1) is 0 Å². The summed E-state index contributed by atoms with van der Waals surface area (Å²) >= 11 is 0. The molecule has 0 radical (unpaired) electrons. The zero-order chi connectivity index (χ0) is 14.1. The maximum Gasteiger partial charge on any atom is 0.00956 e. The molecule has 0 aromatic rings. The molecule has 19 heavy (non-hydrogen) atoms. The van der Waals surface area contributed by atoms with Gasteiger partial charge in [0.2, 0.25) is 0 Å². The molecule has 0 spiro atoms. The van der Waals surface area contributed by atoms with E-state index in [9.17, 15) is 0 Å². The highest BCUT2D eigenvalue weighted by atomic mass is 14.9. The maximum atomic E-state index is 3.83. The van der Waals surface area contributed by atoms with Gasteiger partial charge < -0.3 is 5.32 Å². The molecule has 1 aliphatic carbocycles. The second kappa shape index (κ2) is 9.80. The molecule has 0 aromatic heterocycles. The van der Waals surface area contributed by atoms with Gasteiger partial charge in [-0.1, -0.05) is 53.4 Å². The highest BCUT2D eigenvalue weighted by Crippen LogP contribution is 2.35. The zero-order valence-corrected chi connectivity index (χ0v) is 13.9. The summed E-state index contributed by atoms with van der Waals surface area (Å²) in [6, 6.07) is 0.812. The van der Waals surface area contributed by atoms with E-state index in [0.717, 1.165) is 23.8 Å². The largest absolute Gasteiger partial charge is 0.314 e. The first-order valence-electron chi connectivity index (χ1n) is 8.94. The molecule has 1 N–H and O–H groups in total. The summed E-state index contributed by atoms with van der Waals surface area (Å²) < 4.78 is 0. The monoisotopic (exact) mass is 267 g/mol. The van der Waals surface area contributed by atoms with Crippen LogP contribution in [-0.4, -0.2) is 12.6 Å². The quantitative estimate of drug-likeness (QED) is 0.590. The van der Waals surface area contributed by atoms with Crippen molar-refractivity contribution in [2.24, 2.45) is 17.8 Å². The van der Waals surface area contributed by atoms with E-state index in [4.69, 9.17) is 0 Å². The first kappa shape index (κ1) is 17.0. The number of unbranched alkanes of at least 4 members (excludes halogenated alkanes) is 1. The molecule has 1 heteroatoms. The van der Waals surface area contributed by atoms with Crippen LogP contribution in [0.15, 0.2) is 0 Å². The Balaban J connectivity index is 2.47. The van der Waals surface area contributed by atoms with Crippen LogP contribution in [0.3, 0.4) is 0 Å². The van der Waals surface area contributed by atoms with Gasteiger partial charge in [-0.05, 0) is 56.4 Å². The predicted octanol–water partition coefficient (Wildman–Crippen LogP) is 5.40. The zero-order valence-electron chi connectivity index (χ0n) is 13.9. The van der Waals surface area contributed by atoms with E-state index in [1.54, 1.807) is 0 Å². The van der Waals surface area contributed by atoms with Gasteiger partial charge in [-0.25, -0.2) is 0 Å². The Morgan fingerprint density at radius 3 is 2.53 bits per heavy atom. The van der Waals surface area contributed by atoms with Gasteiger partial charge in [0, 0.05) is 6.04 Å². The molecule has 1 nitrogen and oxygen atoms in total. The SMILES string of the molecule is CCCCC(CC)CC1CC(C)CCC1NCCC. The van der Waals surface area contributed by atoms with Crippen molar-refractivity contribution in [3.8, 4) is 0 Å². The normalized spacial score (nSPS) is 29.4. The van der Waals surface area contributed by atoms with Crippen LogP contribution < -0.4 is 5.32 Å². The van der Waals surface area contributed by atoms with Crippen molar-refractivity contribution < 1.29 is 0 Å². The van der Waals surface area contributed by atoms with Crippen molar-refractivity contribution in [3.05, 3.63) is 0 Å². The highest BCUT2D eigenvalue weighted by Gasteiger charge is 2.29. The van der Waals surface area contributed by atoms with Gasteiger partial charge in [0.05, 0.1) is 0 Å². The third-order valence-corrected chi connectivity index (χ3v) is 5.08. The third-order valence-electron chi connectivity index (χ3n) is 5.08. The van der Waals surface area contributed by atoms with Gasteiger partial charge in [-0.3, -0.25) is 0 Å². The van der Waals surface area contributed by atoms with Gasteiger partial charge >= 0.3 is 0 Å². The van der Waals surface area contributed by atoms with Crippen LogP contribution in [0, 0.1) is 17.8 Å². The predicted molar refractivity (Wildman–Crippen MR) is 86.5 cm³/mol. The lowest BCUT2D eigenvalue weighted by atomic mass is 9.73. The third kappa shape index (κ3) is 6.29. The molecule has 1 saturated carbocycles. The van der Waals surface area contributed by atoms with E-state index in [1.807, 2.05) is 0 Å².